The van der Waals surface area contributed by atoms with Gasteiger partial charge in [-0.05, 0) is 54.4 Å². The average Bonchev–Trinajstić information content (AvgIpc) is 3.30. The zero-order valence-electron chi connectivity index (χ0n) is 11.8. The molecule has 1 aromatic rings. The predicted molar refractivity (Wildman–Crippen MR) is 85.1 cm³/mol. The molecular formula is C17H16BrNO3. The number of fused-ring (bicyclic) bond motifs is 1. The lowest BCUT2D eigenvalue weighted by Crippen LogP contribution is -2.48. The summed E-state index contributed by atoms with van der Waals surface area (Å²) < 4.78 is 0.939. The van der Waals surface area contributed by atoms with Gasteiger partial charge in [-0.3, -0.25) is 9.59 Å². The maximum absolute atomic E-state index is 12.7. The molecule has 1 aromatic carbocycles. The first-order valence-corrected chi connectivity index (χ1v) is 8.33. The van der Waals surface area contributed by atoms with Crippen LogP contribution in [-0.4, -0.2) is 17.0 Å². The number of halogens is 1. The van der Waals surface area contributed by atoms with Crippen LogP contribution in [0.1, 0.15) is 6.42 Å². The third-order valence-electron chi connectivity index (χ3n) is 5.35. The van der Waals surface area contributed by atoms with E-state index in [0.29, 0.717) is 17.5 Å². The van der Waals surface area contributed by atoms with Crippen molar-refractivity contribution in [3.05, 3.63) is 40.9 Å². The van der Waals surface area contributed by atoms with E-state index in [1.54, 1.807) is 0 Å². The second-order valence-corrected chi connectivity index (χ2v) is 7.40. The van der Waals surface area contributed by atoms with E-state index in [1.807, 2.05) is 30.3 Å². The van der Waals surface area contributed by atoms with Gasteiger partial charge >= 0.3 is 5.97 Å². The Morgan fingerprint density at radius 1 is 1.05 bits per heavy atom. The topological polar surface area (TPSA) is 66.4 Å². The highest BCUT2D eigenvalue weighted by molar-refractivity contribution is 9.10. The highest BCUT2D eigenvalue weighted by Gasteiger charge is 2.62. The van der Waals surface area contributed by atoms with Crippen LogP contribution in [0.5, 0.6) is 0 Å². The molecule has 0 aliphatic heterocycles. The lowest BCUT2D eigenvalue weighted by atomic mass is 9.62. The van der Waals surface area contributed by atoms with Crippen LogP contribution in [0, 0.1) is 35.5 Å². The van der Waals surface area contributed by atoms with Crippen LogP contribution in [0.2, 0.25) is 0 Å². The van der Waals surface area contributed by atoms with Gasteiger partial charge in [0.2, 0.25) is 5.91 Å². The van der Waals surface area contributed by atoms with Gasteiger partial charge in [-0.2, -0.15) is 0 Å². The number of hydrogen-bond donors (Lipinski definition) is 2. The molecule has 0 saturated heterocycles. The normalized spacial score (nSPS) is 37.5. The summed E-state index contributed by atoms with van der Waals surface area (Å²) in [4.78, 5) is 24.4. The Hall–Kier alpha value is -1.62. The Balaban J connectivity index is 1.60. The quantitative estimate of drug-likeness (QED) is 0.812. The first-order valence-electron chi connectivity index (χ1n) is 7.54. The first-order chi connectivity index (χ1) is 10.6. The SMILES string of the molecule is O=C(O)[C@@H]1[C@H]2C=C[C@@H]([C@@H]3C[C@H]23)[C@@H]1C(=O)Nc1ccc(Br)cc1. The number of benzene rings is 1. The van der Waals surface area contributed by atoms with Crippen LogP contribution in [0.25, 0.3) is 0 Å². The number of anilines is 1. The van der Waals surface area contributed by atoms with E-state index in [-0.39, 0.29) is 17.7 Å². The Bertz CT molecular complexity index is 669. The van der Waals surface area contributed by atoms with Gasteiger partial charge in [0, 0.05) is 10.2 Å². The molecule has 0 heterocycles. The Morgan fingerprint density at radius 2 is 1.64 bits per heavy atom. The highest BCUT2D eigenvalue weighted by Crippen LogP contribution is 2.63. The third kappa shape index (κ3) is 2.10. The van der Waals surface area contributed by atoms with Crippen LogP contribution in [0.3, 0.4) is 0 Å². The molecule has 0 unspecified atom stereocenters. The van der Waals surface area contributed by atoms with E-state index in [1.165, 1.54) is 0 Å². The predicted octanol–water partition coefficient (Wildman–Crippen LogP) is 3.16. The molecule has 0 aromatic heterocycles. The lowest BCUT2D eigenvalue weighted by Gasteiger charge is -2.41. The molecule has 5 rings (SSSR count). The minimum absolute atomic E-state index is 0.0215. The van der Waals surface area contributed by atoms with Crippen molar-refractivity contribution in [3.63, 3.8) is 0 Å². The summed E-state index contributed by atoms with van der Waals surface area (Å²) in [5, 5.41) is 12.5. The van der Waals surface area contributed by atoms with Crippen molar-refractivity contribution in [2.75, 3.05) is 5.32 Å². The van der Waals surface area contributed by atoms with E-state index in [4.69, 9.17) is 0 Å². The number of carbonyl (C=O) groups excluding carboxylic acids is 1. The van der Waals surface area contributed by atoms with Crippen LogP contribution >= 0.6 is 15.9 Å². The van der Waals surface area contributed by atoms with Gasteiger partial charge in [-0.25, -0.2) is 0 Å². The molecule has 5 heteroatoms. The fraction of sp³-hybridized carbons (Fsp3) is 0.412. The molecule has 22 heavy (non-hydrogen) atoms. The molecule has 2 bridgehead atoms. The summed E-state index contributed by atoms with van der Waals surface area (Å²) in [7, 11) is 0. The maximum Gasteiger partial charge on any atom is 0.307 e. The lowest BCUT2D eigenvalue weighted by molar-refractivity contribution is -0.152. The molecule has 0 spiro atoms. The Labute approximate surface area is 136 Å². The first kappa shape index (κ1) is 14.0. The van der Waals surface area contributed by atoms with Gasteiger partial charge < -0.3 is 10.4 Å². The van der Waals surface area contributed by atoms with Gasteiger partial charge in [-0.15, -0.1) is 0 Å². The molecule has 1 amide bonds. The summed E-state index contributed by atoms with van der Waals surface area (Å²) >= 11 is 3.36. The molecule has 114 valence electrons. The second kappa shape index (κ2) is 4.95. The smallest absolute Gasteiger partial charge is 0.307 e. The van der Waals surface area contributed by atoms with Crippen molar-refractivity contribution in [3.8, 4) is 0 Å². The molecule has 6 atom stereocenters. The van der Waals surface area contributed by atoms with Crippen molar-refractivity contribution in [2.45, 2.75) is 6.42 Å². The summed E-state index contributed by atoms with van der Waals surface area (Å²) in [6.45, 7) is 0. The average molecular weight is 362 g/mol. The number of carbonyl (C=O) groups is 2. The summed E-state index contributed by atoms with van der Waals surface area (Å²) in [6.07, 6.45) is 5.17. The Kier molecular flexibility index (Phi) is 3.15. The molecule has 2 saturated carbocycles. The van der Waals surface area contributed by atoms with Crippen molar-refractivity contribution in [1.29, 1.82) is 0 Å². The largest absolute Gasteiger partial charge is 0.481 e. The van der Waals surface area contributed by atoms with Gasteiger partial charge in [0.15, 0.2) is 0 Å². The van der Waals surface area contributed by atoms with Crippen LogP contribution < -0.4 is 5.32 Å². The monoisotopic (exact) mass is 361 g/mol. The number of carboxylic acids is 1. The fourth-order valence-corrected chi connectivity index (χ4v) is 4.59. The minimum atomic E-state index is -0.847. The minimum Gasteiger partial charge on any atom is -0.481 e. The van der Waals surface area contributed by atoms with Gasteiger partial charge in [0.1, 0.15) is 0 Å². The number of amides is 1. The number of hydrogen-bond acceptors (Lipinski definition) is 2. The number of aliphatic carboxylic acids is 1. The zero-order valence-corrected chi connectivity index (χ0v) is 13.4. The van der Waals surface area contributed by atoms with Crippen molar-refractivity contribution in [2.24, 2.45) is 35.5 Å². The number of rotatable bonds is 3. The molecule has 2 fully saturated rings. The molecule has 4 aliphatic rings. The van der Waals surface area contributed by atoms with Gasteiger partial charge in [0.25, 0.3) is 0 Å². The van der Waals surface area contributed by atoms with Crippen molar-refractivity contribution < 1.29 is 14.7 Å². The van der Waals surface area contributed by atoms with E-state index >= 15 is 0 Å². The van der Waals surface area contributed by atoms with Gasteiger partial charge in [-0.1, -0.05) is 28.1 Å². The molecular weight excluding hydrogens is 346 g/mol. The number of carboxylic acid groups (broad SMARTS) is 1. The summed E-state index contributed by atoms with van der Waals surface area (Å²) in [5.41, 5.74) is 0.704. The van der Waals surface area contributed by atoms with Crippen LogP contribution in [-0.2, 0) is 9.59 Å². The molecule has 4 aliphatic carbocycles. The number of nitrogens with one attached hydrogen (secondary N) is 1. The van der Waals surface area contributed by atoms with E-state index in [2.05, 4.69) is 27.3 Å². The summed E-state index contributed by atoms with van der Waals surface area (Å²) in [5.74, 6) is -0.979. The number of allylic oxidation sites excluding steroid dienone is 2. The van der Waals surface area contributed by atoms with Crippen LogP contribution in [0.4, 0.5) is 5.69 Å². The molecule has 4 nitrogen and oxygen atoms in total. The fourth-order valence-electron chi connectivity index (χ4n) is 4.33. The Morgan fingerprint density at radius 3 is 2.23 bits per heavy atom. The van der Waals surface area contributed by atoms with Gasteiger partial charge in [0.05, 0.1) is 11.8 Å². The molecule has 2 N–H and O–H groups in total. The van der Waals surface area contributed by atoms with E-state index in [0.717, 1.165) is 10.9 Å². The third-order valence-corrected chi connectivity index (χ3v) is 5.88. The maximum atomic E-state index is 12.7. The van der Waals surface area contributed by atoms with E-state index in [9.17, 15) is 14.7 Å². The summed E-state index contributed by atoms with van der Waals surface area (Å²) in [6, 6.07) is 7.34. The van der Waals surface area contributed by atoms with Crippen LogP contribution in [0.15, 0.2) is 40.9 Å². The highest BCUT2D eigenvalue weighted by atomic mass is 79.9. The second-order valence-electron chi connectivity index (χ2n) is 6.49. The van der Waals surface area contributed by atoms with Crippen molar-refractivity contribution in [1.82, 2.24) is 0 Å². The molecule has 0 radical (unpaired) electrons. The zero-order chi connectivity index (χ0) is 15.4. The van der Waals surface area contributed by atoms with Crippen molar-refractivity contribution >= 4 is 33.5 Å². The standard InChI is InChI=1S/C17H16BrNO3/c18-8-1-3-9(4-2-8)19-16(20)14-10-5-6-11(13-7-12(10)13)15(14)17(21)22/h1-6,10-15H,7H2,(H,19,20)(H,21,22)/t10-,11-,12-,13+,14-,15+/m0/s1. The van der Waals surface area contributed by atoms with E-state index < -0.39 is 17.8 Å².